The molecule has 3 heterocycles. The summed E-state index contributed by atoms with van der Waals surface area (Å²) in [4.78, 5) is 5.24. The van der Waals surface area contributed by atoms with E-state index in [1.807, 2.05) is 0 Å². The molecule has 0 N–H and O–H groups in total. The minimum absolute atomic E-state index is 0.944. The number of aryl methyl sites for hydroxylation is 1. The summed E-state index contributed by atoms with van der Waals surface area (Å²) in [6.45, 7) is 2.14. The molecule has 8 aromatic carbocycles. The lowest BCUT2D eigenvalue weighted by Crippen LogP contribution is -1.96. The van der Waals surface area contributed by atoms with Gasteiger partial charge in [0.1, 0.15) is 0 Å². The summed E-state index contributed by atoms with van der Waals surface area (Å²) in [5, 5.41) is 4.97. The van der Waals surface area contributed by atoms with Crippen molar-refractivity contribution < 1.29 is 0 Å². The molecule has 0 radical (unpaired) electrons. The van der Waals surface area contributed by atoms with Gasteiger partial charge in [0, 0.05) is 44.0 Å². The third-order valence-corrected chi connectivity index (χ3v) is 11.4. The highest BCUT2D eigenvalue weighted by atomic mass is 15.0. The first kappa shape index (κ1) is 32.9. The van der Waals surface area contributed by atoms with Gasteiger partial charge in [0.25, 0.3) is 0 Å². The summed E-state index contributed by atoms with van der Waals surface area (Å²) in [5.41, 5.74) is 17.1. The Morgan fingerprint density at radius 2 is 0.789 bits per heavy atom. The van der Waals surface area contributed by atoms with E-state index < -0.39 is 0 Å². The van der Waals surface area contributed by atoms with Crippen molar-refractivity contribution in [1.82, 2.24) is 14.1 Å². The molecule has 0 aliphatic rings. The number of pyridine rings is 1. The van der Waals surface area contributed by atoms with Gasteiger partial charge >= 0.3 is 0 Å². The van der Waals surface area contributed by atoms with Crippen molar-refractivity contribution in [2.45, 2.75) is 6.92 Å². The van der Waals surface area contributed by atoms with Crippen LogP contribution in [0.4, 0.5) is 0 Å². The Morgan fingerprint density at radius 3 is 1.40 bits per heavy atom. The van der Waals surface area contributed by atoms with Gasteiger partial charge in [-0.05, 0) is 102 Å². The van der Waals surface area contributed by atoms with Gasteiger partial charge in [-0.25, -0.2) is 4.98 Å². The van der Waals surface area contributed by atoms with Crippen molar-refractivity contribution in [3.05, 3.63) is 212 Å². The van der Waals surface area contributed by atoms with Crippen molar-refractivity contribution >= 4 is 43.6 Å². The third kappa shape index (κ3) is 5.63. The maximum absolute atomic E-state index is 5.24. The summed E-state index contributed by atoms with van der Waals surface area (Å²) in [6.07, 6.45) is 0. The molecule has 0 saturated heterocycles. The molecule has 3 nitrogen and oxygen atoms in total. The van der Waals surface area contributed by atoms with E-state index in [4.69, 9.17) is 4.98 Å². The van der Waals surface area contributed by atoms with Gasteiger partial charge < -0.3 is 9.13 Å². The van der Waals surface area contributed by atoms with Crippen LogP contribution >= 0.6 is 0 Å². The highest BCUT2D eigenvalue weighted by molar-refractivity contribution is 6.12. The summed E-state index contributed by atoms with van der Waals surface area (Å²) < 4.78 is 4.78. The molecule has 0 unspecified atom stereocenters. The Morgan fingerprint density at radius 1 is 0.298 bits per heavy atom. The monoisotopic (exact) mass is 727 g/mol. The van der Waals surface area contributed by atoms with Crippen molar-refractivity contribution in [3.8, 4) is 56.1 Å². The van der Waals surface area contributed by atoms with Gasteiger partial charge in [0.05, 0.1) is 33.5 Å². The quantitative estimate of drug-likeness (QED) is 0.167. The maximum Gasteiger partial charge on any atom is 0.0716 e. The van der Waals surface area contributed by atoms with E-state index in [9.17, 15) is 0 Å². The van der Waals surface area contributed by atoms with E-state index in [2.05, 4.69) is 222 Å². The van der Waals surface area contributed by atoms with Crippen LogP contribution in [-0.4, -0.2) is 14.1 Å². The van der Waals surface area contributed by atoms with E-state index in [1.54, 1.807) is 0 Å². The van der Waals surface area contributed by atoms with Gasteiger partial charge in [0.15, 0.2) is 0 Å². The van der Waals surface area contributed by atoms with Crippen LogP contribution in [0.15, 0.2) is 206 Å². The van der Waals surface area contributed by atoms with E-state index in [0.717, 1.165) is 33.8 Å². The normalized spacial score (nSPS) is 11.6. The molecule has 11 aromatic rings. The lowest BCUT2D eigenvalue weighted by Gasteiger charge is -2.13. The molecule has 57 heavy (non-hydrogen) atoms. The molecule has 0 saturated carbocycles. The first-order chi connectivity index (χ1) is 28.2. The number of para-hydroxylation sites is 2. The zero-order valence-corrected chi connectivity index (χ0v) is 31.5. The molecule has 0 amide bonds. The topological polar surface area (TPSA) is 22.8 Å². The zero-order valence-electron chi connectivity index (χ0n) is 31.5. The molecular weight excluding hydrogens is 691 g/mol. The fourth-order valence-electron chi connectivity index (χ4n) is 8.59. The standard InChI is InChI=1S/C54H37N3/c1-36-23-27-43(28-24-36)56-51-21-10-8-19-45(51)47-32-39(25-29-53(47)56)40-26-30-54-48(33-40)46-20-9-11-22-52(46)57(54)44-18-12-17-41(31-44)50-35-42(37-13-4-2-5-14-37)34-49(55-50)38-15-6-3-7-16-38/h2-35H,1H3. The molecule has 11 rings (SSSR count). The highest BCUT2D eigenvalue weighted by Crippen LogP contribution is 2.39. The summed E-state index contributed by atoms with van der Waals surface area (Å²) >= 11 is 0. The molecule has 0 fully saturated rings. The lowest BCUT2D eigenvalue weighted by molar-refractivity contribution is 1.17. The minimum Gasteiger partial charge on any atom is -0.309 e. The van der Waals surface area contributed by atoms with Gasteiger partial charge in [-0.1, -0.05) is 139 Å². The first-order valence-corrected chi connectivity index (χ1v) is 19.5. The highest BCUT2D eigenvalue weighted by Gasteiger charge is 2.17. The Kier molecular flexibility index (Phi) is 7.71. The number of nitrogens with zero attached hydrogens (tertiary/aromatic N) is 3. The van der Waals surface area contributed by atoms with Crippen LogP contribution in [0.25, 0.3) is 99.8 Å². The van der Waals surface area contributed by atoms with E-state index in [0.29, 0.717) is 0 Å². The molecule has 3 heteroatoms. The number of benzene rings is 8. The average molecular weight is 728 g/mol. The largest absolute Gasteiger partial charge is 0.309 e. The van der Waals surface area contributed by atoms with Crippen LogP contribution in [0.1, 0.15) is 5.56 Å². The predicted octanol–water partition coefficient (Wildman–Crippen LogP) is 14.3. The molecule has 0 aliphatic heterocycles. The lowest BCUT2D eigenvalue weighted by atomic mass is 10.00. The second-order valence-electron chi connectivity index (χ2n) is 14.9. The number of rotatable bonds is 6. The van der Waals surface area contributed by atoms with Gasteiger partial charge in [-0.2, -0.15) is 0 Å². The number of hydrogen-bond acceptors (Lipinski definition) is 1. The van der Waals surface area contributed by atoms with Gasteiger partial charge in [-0.15, -0.1) is 0 Å². The van der Waals surface area contributed by atoms with Crippen LogP contribution < -0.4 is 0 Å². The predicted molar refractivity (Wildman–Crippen MR) is 239 cm³/mol. The zero-order chi connectivity index (χ0) is 37.9. The molecule has 0 aliphatic carbocycles. The van der Waals surface area contributed by atoms with E-state index >= 15 is 0 Å². The second kappa shape index (κ2) is 13.4. The Labute approximate surface area is 331 Å². The van der Waals surface area contributed by atoms with E-state index in [-0.39, 0.29) is 0 Å². The fraction of sp³-hybridized carbons (Fsp3) is 0.0185. The molecule has 3 aromatic heterocycles. The average Bonchev–Trinajstić information content (AvgIpc) is 3.79. The first-order valence-electron chi connectivity index (χ1n) is 19.5. The summed E-state index contributed by atoms with van der Waals surface area (Å²) in [6, 6.07) is 74.4. The molecule has 0 bridgehead atoms. The SMILES string of the molecule is Cc1ccc(-n2c3ccccc3c3cc(-c4ccc5c(c4)c4ccccc4n5-c4cccc(-c5cc(-c6ccccc6)cc(-c6ccccc6)n5)c4)ccc32)cc1. The molecule has 0 atom stereocenters. The van der Waals surface area contributed by atoms with Crippen molar-refractivity contribution in [2.24, 2.45) is 0 Å². The van der Waals surface area contributed by atoms with Crippen LogP contribution in [0.3, 0.4) is 0 Å². The number of aromatic nitrogens is 3. The minimum atomic E-state index is 0.944. The third-order valence-electron chi connectivity index (χ3n) is 11.4. The fourth-order valence-corrected chi connectivity index (χ4v) is 8.59. The smallest absolute Gasteiger partial charge is 0.0716 e. The Balaban J connectivity index is 1.04. The molecular formula is C54H37N3. The Bertz CT molecular complexity index is 3220. The molecule has 268 valence electrons. The second-order valence-corrected chi connectivity index (χ2v) is 14.9. The summed E-state index contributed by atoms with van der Waals surface area (Å²) in [5.74, 6) is 0. The molecule has 0 spiro atoms. The van der Waals surface area contributed by atoms with Crippen molar-refractivity contribution in [1.29, 1.82) is 0 Å². The van der Waals surface area contributed by atoms with Crippen LogP contribution in [0.2, 0.25) is 0 Å². The number of fused-ring (bicyclic) bond motifs is 6. The van der Waals surface area contributed by atoms with Crippen molar-refractivity contribution in [3.63, 3.8) is 0 Å². The van der Waals surface area contributed by atoms with Gasteiger partial charge in [-0.3, -0.25) is 0 Å². The van der Waals surface area contributed by atoms with E-state index in [1.165, 1.54) is 71.6 Å². The maximum atomic E-state index is 5.24. The van der Waals surface area contributed by atoms with Crippen molar-refractivity contribution in [2.75, 3.05) is 0 Å². The summed E-state index contributed by atoms with van der Waals surface area (Å²) in [7, 11) is 0. The van der Waals surface area contributed by atoms with Crippen LogP contribution in [-0.2, 0) is 0 Å². The van der Waals surface area contributed by atoms with Gasteiger partial charge in [0.2, 0.25) is 0 Å². The van der Waals surface area contributed by atoms with Crippen LogP contribution in [0, 0.1) is 6.92 Å². The Hall–Kier alpha value is -7.49. The van der Waals surface area contributed by atoms with Crippen LogP contribution in [0.5, 0.6) is 0 Å². The number of hydrogen-bond donors (Lipinski definition) is 0.